The molecule has 0 aliphatic heterocycles. The van der Waals surface area contributed by atoms with E-state index in [1.165, 1.54) is 0 Å². The normalized spacial score (nSPS) is 16.0. The first-order chi connectivity index (χ1) is 5.70. The van der Waals surface area contributed by atoms with E-state index in [1.807, 2.05) is 0 Å². The molecule has 0 aromatic carbocycles. The highest BCUT2D eigenvalue weighted by Gasteiger charge is 2.04. The van der Waals surface area contributed by atoms with E-state index >= 15 is 0 Å². The average molecular weight is 177 g/mol. The summed E-state index contributed by atoms with van der Waals surface area (Å²) in [4.78, 5) is 0. The van der Waals surface area contributed by atoms with Crippen LogP contribution < -0.4 is 5.73 Å². The maximum atomic E-state index is 8.88. The van der Waals surface area contributed by atoms with Gasteiger partial charge in [-0.1, -0.05) is 13.3 Å². The number of hydrogen-bond donors (Lipinski definition) is 3. The molecule has 0 aliphatic rings. The van der Waals surface area contributed by atoms with Crippen LogP contribution >= 0.6 is 0 Å². The zero-order chi connectivity index (χ0) is 9.40. The molecule has 0 aromatic heterocycles. The van der Waals surface area contributed by atoms with Gasteiger partial charge in [0.25, 0.3) is 0 Å². The largest absolute Gasteiger partial charge is 0.394 e. The van der Waals surface area contributed by atoms with Crippen LogP contribution in [0.25, 0.3) is 0 Å². The van der Waals surface area contributed by atoms with Crippen molar-refractivity contribution in [2.24, 2.45) is 5.73 Å². The molecular formula is C8H19NO3. The Bertz CT molecular complexity index is 100. The number of ether oxygens (including phenoxy) is 1. The lowest BCUT2D eigenvalue weighted by atomic mass is 10.2. The van der Waals surface area contributed by atoms with Crippen LogP contribution in [0.3, 0.4) is 0 Å². The molecule has 12 heavy (non-hydrogen) atoms. The van der Waals surface area contributed by atoms with Crippen LogP contribution in [0.4, 0.5) is 0 Å². The van der Waals surface area contributed by atoms with E-state index in [-0.39, 0.29) is 19.3 Å². The average Bonchev–Trinajstić information content (AvgIpc) is 2.04. The minimum absolute atomic E-state index is 0.0425. The van der Waals surface area contributed by atoms with Gasteiger partial charge < -0.3 is 20.7 Å². The van der Waals surface area contributed by atoms with E-state index in [0.717, 1.165) is 12.8 Å². The van der Waals surface area contributed by atoms with Crippen molar-refractivity contribution in [2.75, 3.05) is 19.8 Å². The first-order valence-corrected chi connectivity index (χ1v) is 4.33. The highest BCUT2D eigenvalue weighted by molar-refractivity contribution is 4.59. The first kappa shape index (κ1) is 11.8. The van der Waals surface area contributed by atoms with Crippen molar-refractivity contribution in [1.82, 2.24) is 0 Å². The van der Waals surface area contributed by atoms with Gasteiger partial charge in [0.1, 0.15) is 6.10 Å². The lowest BCUT2D eigenvalue weighted by Crippen LogP contribution is -2.29. The Morgan fingerprint density at radius 2 is 2.08 bits per heavy atom. The minimum Gasteiger partial charge on any atom is -0.394 e. The Labute approximate surface area is 73.3 Å². The highest BCUT2D eigenvalue weighted by Crippen LogP contribution is 1.94. The van der Waals surface area contributed by atoms with Crippen molar-refractivity contribution < 1.29 is 14.9 Å². The number of hydrogen-bond acceptors (Lipinski definition) is 4. The van der Waals surface area contributed by atoms with Crippen LogP contribution in [-0.4, -0.2) is 42.2 Å². The van der Waals surface area contributed by atoms with Crippen LogP contribution in [0.2, 0.25) is 0 Å². The molecule has 4 nitrogen and oxygen atoms in total. The molecule has 4 heteroatoms. The van der Waals surface area contributed by atoms with Crippen molar-refractivity contribution >= 4 is 0 Å². The minimum atomic E-state index is -0.779. The van der Waals surface area contributed by atoms with Crippen molar-refractivity contribution in [3.8, 4) is 0 Å². The summed E-state index contributed by atoms with van der Waals surface area (Å²) >= 11 is 0. The van der Waals surface area contributed by atoms with Crippen molar-refractivity contribution in [2.45, 2.75) is 31.9 Å². The van der Waals surface area contributed by atoms with Gasteiger partial charge in [0.05, 0.1) is 19.8 Å². The van der Waals surface area contributed by atoms with E-state index < -0.39 is 6.10 Å². The maximum Gasteiger partial charge on any atom is 0.100 e. The van der Waals surface area contributed by atoms with Crippen molar-refractivity contribution in [1.29, 1.82) is 0 Å². The smallest absolute Gasteiger partial charge is 0.100 e. The third-order valence-corrected chi connectivity index (χ3v) is 1.51. The molecule has 0 aliphatic carbocycles. The summed E-state index contributed by atoms with van der Waals surface area (Å²) in [5.41, 5.74) is 5.64. The fourth-order valence-electron chi connectivity index (χ4n) is 0.862. The van der Waals surface area contributed by atoms with Crippen molar-refractivity contribution in [3.63, 3.8) is 0 Å². The molecule has 0 aromatic rings. The molecule has 0 saturated heterocycles. The maximum absolute atomic E-state index is 8.88. The van der Waals surface area contributed by atoms with E-state index in [1.54, 1.807) is 0 Å². The number of aliphatic hydroxyl groups is 2. The summed E-state index contributed by atoms with van der Waals surface area (Å²) in [7, 11) is 0. The third kappa shape index (κ3) is 6.54. The molecule has 4 N–H and O–H groups in total. The van der Waals surface area contributed by atoms with Crippen LogP contribution in [-0.2, 0) is 4.74 Å². The van der Waals surface area contributed by atoms with Crippen LogP contribution in [0.5, 0.6) is 0 Å². The number of rotatable bonds is 7. The first-order valence-electron chi connectivity index (χ1n) is 4.33. The molecule has 0 amide bonds. The van der Waals surface area contributed by atoms with Gasteiger partial charge in [-0.15, -0.1) is 0 Å². The standard InChI is InChI=1S/C8H19NO3/c1-2-3-7(9)5-12-6-8(11)4-10/h7-8,10-11H,2-6,9H2,1H3. The molecule has 0 fully saturated rings. The quantitative estimate of drug-likeness (QED) is 0.489. The summed E-state index contributed by atoms with van der Waals surface area (Å²) in [6.07, 6.45) is 1.18. The Hall–Kier alpha value is -0.160. The predicted octanol–water partition coefficient (Wildman–Crippen LogP) is -0.516. The second-order valence-electron chi connectivity index (χ2n) is 2.92. The zero-order valence-electron chi connectivity index (χ0n) is 7.57. The van der Waals surface area contributed by atoms with Gasteiger partial charge in [-0.3, -0.25) is 0 Å². The molecule has 2 unspecified atom stereocenters. The van der Waals surface area contributed by atoms with Gasteiger partial charge >= 0.3 is 0 Å². The fraction of sp³-hybridized carbons (Fsp3) is 1.00. The van der Waals surface area contributed by atoms with E-state index in [0.29, 0.717) is 6.61 Å². The molecule has 0 saturated carbocycles. The summed E-state index contributed by atoms with van der Waals surface area (Å²) in [6, 6.07) is 0.0425. The van der Waals surface area contributed by atoms with Crippen LogP contribution in [0.15, 0.2) is 0 Å². The molecule has 0 bridgehead atoms. The third-order valence-electron chi connectivity index (χ3n) is 1.51. The number of nitrogens with two attached hydrogens (primary N) is 1. The SMILES string of the molecule is CCCC(N)COCC(O)CO. The second kappa shape index (κ2) is 7.49. The van der Waals surface area contributed by atoms with E-state index in [4.69, 9.17) is 20.7 Å². The fourth-order valence-corrected chi connectivity index (χ4v) is 0.862. The molecule has 2 atom stereocenters. The van der Waals surface area contributed by atoms with Crippen molar-refractivity contribution in [3.05, 3.63) is 0 Å². The lowest BCUT2D eigenvalue weighted by molar-refractivity contribution is 0.00200. The summed E-state index contributed by atoms with van der Waals surface area (Å²) in [6.45, 7) is 2.41. The van der Waals surface area contributed by atoms with Gasteiger partial charge in [-0.05, 0) is 6.42 Å². The highest BCUT2D eigenvalue weighted by atomic mass is 16.5. The molecule has 74 valence electrons. The number of aliphatic hydroxyl groups excluding tert-OH is 2. The lowest BCUT2D eigenvalue weighted by Gasteiger charge is -2.12. The molecule has 0 heterocycles. The summed E-state index contributed by atoms with van der Waals surface area (Å²) in [5, 5.41) is 17.3. The molecular weight excluding hydrogens is 158 g/mol. The second-order valence-corrected chi connectivity index (χ2v) is 2.92. The Balaban J connectivity index is 3.18. The topological polar surface area (TPSA) is 75.7 Å². The van der Waals surface area contributed by atoms with Gasteiger partial charge in [0.15, 0.2) is 0 Å². The predicted molar refractivity (Wildman–Crippen MR) is 46.8 cm³/mol. The van der Waals surface area contributed by atoms with Gasteiger partial charge in [-0.25, -0.2) is 0 Å². The molecule has 0 spiro atoms. The van der Waals surface area contributed by atoms with Crippen LogP contribution in [0.1, 0.15) is 19.8 Å². The Kier molecular flexibility index (Phi) is 7.39. The Morgan fingerprint density at radius 3 is 2.58 bits per heavy atom. The molecule has 0 radical (unpaired) electrons. The Morgan fingerprint density at radius 1 is 1.42 bits per heavy atom. The monoisotopic (exact) mass is 177 g/mol. The van der Waals surface area contributed by atoms with E-state index in [9.17, 15) is 0 Å². The zero-order valence-corrected chi connectivity index (χ0v) is 7.57. The van der Waals surface area contributed by atoms with Gasteiger partial charge in [0.2, 0.25) is 0 Å². The van der Waals surface area contributed by atoms with Gasteiger partial charge in [-0.2, -0.15) is 0 Å². The summed E-state index contributed by atoms with van der Waals surface area (Å²) < 4.78 is 5.07. The van der Waals surface area contributed by atoms with E-state index in [2.05, 4.69) is 6.92 Å². The van der Waals surface area contributed by atoms with Crippen LogP contribution in [0, 0.1) is 0 Å². The molecule has 0 rings (SSSR count). The summed E-state index contributed by atoms with van der Waals surface area (Å²) in [5.74, 6) is 0. The van der Waals surface area contributed by atoms with Gasteiger partial charge in [0, 0.05) is 6.04 Å².